The first-order valence-electron chi connectivity index (χ1n) is 5.87. The minimum atomic E-state index is -1.13. The summed E-state index contributed by atoms with van der Waals surface area (Å²) in [6.07, 6.45) is -1.08. The van der Waals surface area contributed by atoms with Crippen LogP contribution >= 0.6 is 0 Å². The Morgan fingerprint density at radius 3 is 2.56 bits per heavy atom. The van der Waals surface area contributed by atoms with E-state index in [4.69, 9.17) is 15.6 Å². The van der Waals surface area contributed by atoms with E-state index in [2.05, 4.69) is 5.32 Å². The smallest absolute Gasteiger partial charge is 0.410 e. The molecule has 1 aliphatic rings. The molecule has 7 nitrogen and oxygen atoms in total. The van der Waals surface area contributed by atoms with Crippen molar-refractivity contribution < 1.29 is 19.4 Å². The molecule has 1 atom stereocenters. The summed E-state index contributed by atoms with van der Waals surface area (Å²) in [6.45, 7) is 6.18. The summed E-state index contributed by atoms with van der Waals surface area (Å²) in [7, 11) is 0. The summed E-state index contributed by atoms with van der Waals surface area (Å²) in [4.78, 5) is 24.0. The molecular weight excluding hydrogens is 238 g/mol. The number of ether oxygens (including phenoxy) is 1. The molecule has 0 bridgehead atoms. The molecule has 1 unspecified atom stereocenters. The van der Waals surface area contributed by atoms with Crippen LogP contribution in [-0.4, -0.2) is 53.0 Å². The van der Waals surface area contributed by atoms with Gasteiger partial charge in [-0.3, -0.25) is 0 Å². The zero-order valence-corrected chi connectivity index (χ0v) is 11.0. The molecule has 1 saturated heterocycles. The number of hydrogen-bond donors (Lipinski definition) is 3. The lowest BCUT2D eigenvalue weighted by molar-refractivity contribution is 0.0281. The highest BCUT2D eigenvalue weighted by atomic mass is 16.6. The van der Waals surface area contributed by atoms with E-state index in [0.29, 0.717) is 13.0 Å². The molecule has 0 aromatic carbocycles. The first-order valence-corrected chi connectivity index (χ1v) is 5.87. The maximum absolute atomic E-state index is 11.8. The Hall–Kier alpha value is -1.50. The van der Waals surface area contributed by atoms with E-state index < -0.39 is 23.3 Å². The minimum absolute atomic E-state index is 0.151. The van der Waals surface area contributed by atoms with Crippen molar-refractivity contribution in [3.8, 4) is 0 Å². The highest BCUT2D eigenvalue weighted by Gasteiger charge is 2.41. The highest BCUT2D eigenvalue weighted by Crippen LogP contribution is 2.22. The molecule has 1 rings (SSSR count). The second-order valence-corrected chi connectivity index (χ2v) is 5.57. The SMILES string of the molecule is CC(C)(C)OC(=O)N1CCC(CN)(NC(=O)O)C1. The summed E-state index contributed by atoms with van der Waals surface area (Å²) >= 11 is 0. The number of rotatable bonds is 2. The zero-order chi connectivity index (χ0) is 14.0. The molecule has 1 fully saturated rings. The number of hydrogen-bond acceptors (Lipinski definition) is 4. The second kappa shape index (κ2) is 5.01. The van der Waals surface area contributed by atoms with Gasteiger partial charge in [0, 0.05) is 19.6 Å². The molecule has 1 heterocycles. The van der Waals surface area contributed by atoms with Gasteiger partial charge in [0.05, 0.1) is 5.54 Å². The van der Waals surface area contributed by atoms with Gasteiger partial charge in [0.25, 0.3) is 0 Å². The third-order valence-electron chi connectivity index (χ3n) is 2.77. The molecular formula is C11H21N3O4. The number of carbonyl (C=O) groups is 2. The van der Waals surface area contributed by atoms with Crippen LogP contribution in [0.5, 0.6) is 0 Å². The molecule has 7 heteroatoms. The monoisotopic (exact) mass is 259 g/mol. The van der Waals surface area contributed by atoms with Crippen LogP contribution < -0.4 is 11.1 Å². The molecule has 4 N–H and O–H groups in total. The fraction of sp³-hybridized carbons (Fsp3) is 0.818. The third-order valence-corrected chi connectivity index (χ3v) is 2.77. The maximum atomic E-state index is 11.8. The molecule has 104 valence electrons. The van der Waals surface area contributed by atoms with E-state index in [1.54, 1.807) is 20.8 Å². The predicted molar refractivity (Wildman–Crippen MR) is 65.4 cm³/mol. The third kappa shape index (κ3) is 3.76. The first kappa shape index (κ1) is 14.6. The van der Waals surface area contributed by atoms with Crippen molar-refractivity contribution in [2.45, 2.75) is 38.3 Å². The van der Waals surface area contributed by atoms with Crippen LogP contribution in [0.25, 0.3) is 0 Å². The molecule has 1 aliphatic heterocycles. The Bertz CT molecular complexity index is 340. The van der Waals surface area contributed by atoms with Crippen LogP contribution in [0.1, 0.15) is 27.2 Å². The van der Waals surface area contributed by atoms with Crippen molar-refractivity contribution >= 4 is 12.2 Å². The van der Waals surface area contributed by atoms with Gasteiger partial charge in [0.1, 0.15) is 5.60 Å². The van der Waals surface area contributed by atoms with Gasteiger partial charge in [-0.2, -0.15) is 0 Å². The van der Waals surface area contributed by atoms with Crippen molar-refractivity contribution in [3.63, 3.8) is 0 Å². The van der Waals surface area contributed by atoms with E-state index in [1.807, 2.05) is 0 Å². The van der Waals surface area contributed by atoms with Crippen molar-refractivity contribution in [3.05, 3.63) is 0 Å². The lowest BCUT2D eigenvalue weighted by Gasteiger charge is -2.28. The Morgan fingerprint density at radius 1 is 1.50 bits per heavy atom. The van der Waals surface area contributed by atoms with E-state index >= 15 is 0 Å². The Morgan fingerprint density at radius 2 is 2.11 bits per heavy atom. The summed E-state index contributed by atoms with van der Waals surface area (Å²) in [5, 5.41) is 11.2. The Labute approximate surface area is 106 Å². The van der Waals surface area contributed by atoms with Crippen molar-refractivity contribution in [1.82, 2.24) is 10.2 Å². The standard InChI is InChI=1S/C11H21N3O4/c1-10(2,3)18-9(17)14-5-4-11(6-12,7-14)13-8(15)16/h13H,4-7,12H2,1-3H3,(H,15,16). The largest absolute Gasteiger partial charge is 0.465 e. The number of likely N-dealkylation sites (tertiary alicyclic amines) is 1. The van der Waals surface area contributed by atoms with E-state index in [0.717, 1.165) is 0 Å². The molecule has 0 spiro atoms. The van der Waals surface area contributed by atoms with Crippen LogP contribution in [-0.2, 0) is 4.74 Å². The number of carbonyl (C=O) groups excluding carboxylic acids is 1. The van der Waals surface area contributed by atoms with E-state index in [1.165, 1.54) is 4.90 Å². The molecule has 0 saturated carbocycles. The zero-order valence-electron chi connectivity index (χ0n) is 11.0. The number of nitrogens with one attached hydrogen (secondary N) is 1. The Kier molecular flexibility index (Phi) is 4.05. The number of nitrogens with zero attached hydrogens (tertiary/aromatic N) is 1. The van der Waals surface area contributed by atoms with Crippen molar-refractivity contribution in [2.24, 2.45) is 5.73 Å². The predicted octanol–water partition coefficient (Wildman–Crippen LogP) is 0.592. The van der Waals surface area contributed by atoms with Gasteiger partial charge < -0.3 is 25.8 Å². The average Bonchev–Trinajstić information content (AvgIpc) is 2.59. The minimum Gasteiger partial charge on any atom is -0.465 e. The molecule has 0 radical (unpaired) electrons. The van der Waals surface area contributed by atoms with Crippen LogP contribution in [0.15, 0.2) is 0 Å². The van der Waals surface area contributed by atoms with Crippen LogP contribution in [0.2, 0.25) is 0 Å². The average molecular weight is 259 g/mol. The second-order valence-electron chi connectivity index (χ2n) is 5.57. The van der Waals surface area contributed by atoms with Crippen LogP contribution in [0.4, 0.5) is 9.59 Å². The first-order chi connectivity index (χ1) is 8.17. The van der Waals surface area contributed by atoms with Crippen molar-refractivity contribution in [2.75, 3.05) is 19.6 Å². The topological polar surface area (TPSA) is 105 Å². The quantitative estimate of drug-likeness (QED) is 0.673. The Balaban J connectivity index is 2.64. The van der Waals surface area contributed by atoms with Gasteiger partial charge in [-0.25, -0.2) is 9.59 Å². The lowest BCUT2D eigenvalue weighted by atomic mass is 9.99. The lowest BCUT2D eigenvalue weighted by Crippen LogP contribution is -2.55. The van der Waals surface area contributed by atoms with Gasteiger partial charge in [-0.05, 0) is 27.2 Å². The van der Waals surface area contributed by atoms with Crippen molar-refractivity contribution in [1.29, 1.82) is 0 Å². The molecule has 18 heavy (non-hydrogen) atoms. The van der Waals surface area contributed by atoms with Crippen LogP contribution in [0.3, 0.4) is 0 Å². The molecule has 2 amide bonds. The fourth-order valence-electron chi connectivity index (χ4n) is 1.90. The van der Waals surface area contributed by atoms with Gasteiger partial charge >= 0.3 is 12.2 Å². The maximum Gasteiger partial charge on any atom is 0.410 e. The van der Waals surface area contributed by atoms with Gasteiger partial charge in [-0.1, -0.05) is 0 Å². The fourth-order valence-corrected chi connectivity index (χ4v) is 1.90. The molecule has 0 aromatic rings. The summed E-state index contributed by atoms with van der Waals surface area (Å²) in [5.74, 6) is 0. The number of nitrogens with two attached hydrogens (primary N) is 1. The summed E-state index contributed by atoms with van der Waals surface area (Å²) < 4.78 is 5.24. The number of amides is 2. The van der Waals surface area contributed by atoms with E-state index in [-0.39, 0.29) is 13.1 Å². The van der Waals surface area contributed by atoms with Gasteiger partial charge in [0.2, 0.25) is 0 Å². The van der Waals surface area contributed by atoms with Gasteiger partial charge in [0.15, 0.2) is 0 Å². The number of carboxylic acid groups (broad SMARTS) is 1. The normalized spacial score (nSPS) is 23.9. The molecule has 0 aromatic heterocycles. The summed E-state index contributed by atoms with van der Waals surface area (Å²) in [6, 6.07) is 0. The summed E-state index contributed by atoms with van der Waals surface area (Å²) in [5.41, 5.74) is 4.28. The van der Waals surface area contributed by atoms with Crippen LogP contribution in [0, 0.1) is 0 Å². The van der Waals surface area contributed by atoms with Gasteiger partial charge in [-0.15, -0.1) is 0 Å². The molecule has 0 aliphatic carbocycles. The highest BCUT2D eigenvalue weighted by molar-refractivity contribution is 5.70. The van der Waals surface area contributed by atoms with E-state index in [9.17, 15) is 9.59 Å².